The lowest BCUT2D eigenvalue weighted by atomic mass is 10.2. The number of nitrogens with two attached hydrogens (primary N) is 1. The molecule has 1 saturated carbocycles. The third kappa shape index (κ3) is 4.65. The van der Waals surface area contributed by atoms with Gasteiger partial charge in [-0.15, -0.1) is 0 Å². The van der Waals surface area contributed by atoms with E-state index < -0.39 is 11.5 Å². The highest BCUT2D eigenvalue weighted by molar-refractivity contribution is 5.89. The fraction of sp³-hybridized carbons (Fsp3) is 0.500. The summed E-state index contributed by atoms with van der Waals surface area (Å²) in [5.41, 5.74) is 4.17. The van der Waals surface area contributed by atoms with Crippen LogP contribution in [0.1, 0.15) is 38.5 Å². The summed E-state index contributed by atoms with van der Waals surface area (Å²) in [6.07, 6.45) is 3.64. The van der Waals surface area contributed by atoms with Crippen LogP contribution in [0.15, 0.2) is 24.3 Å². The van der Waals surface area contributed by atoms with Gasteiger partial charge in [-0.05, 0) is 31.4 Å². The van der Waals surface area contributed by atoms with Gasteiger partial charge < -0.3 is 20.3 Å². The number of carbonyl (C=O) groups excluding carboxylic acids is 2. The van der Waals surface area contributed by atoms with Crippen molar-refractivity contribution in [3.8, 4) is 11.5 Å². The van der Waals surface area contributed by atoms with Crippen LogP contribution in [0.3, 0.4) is 0 Å². The van der Waals surface area contributed by atoms with Gasteiger partial charge in [-0.3, -0.25) is 9.59 Å². The van der Waals surface area contributed by atoms with E-state index in [-0.39, 0.29) is 18.1 Å². The van der Waals surface area contributed by atoms with Crippen LogP contribution in [0.4, 0.5) is 0 Å². The van der Waals surface area contributed by atoms with Crippen LogP contribution in [0.2, 0.25) is 0 Å². The van der Waals surface area contributed by atoms with Crippen LogP contribution >= 0.6 is 0 Å². The Morgan fingerprint density at radius 1 is 1.23 bits per heavy atom. The number of esters is 1. The van der Waals surface area contributed by atoms with Gasteiger partial charge in [0.25, 0.3) is 5.91 Å². The van der Waals surface area contributed by atoms with E-state index in [0.717, 1.165) is 12.8 Å². The monoisotopic (exact) mass is 307 g/mol. The highest BCUT2D eigenvalue weighted by atomic mass is 16.6. The summed E-state index contributed by atoms with van der Waals surface area (Å²) in [4.78, 5) is 22.7. The standard InChI is InChI=1S/C16H21NO5/c17-15(20)16(8-9-16)22-14(19)7-2-1-3-10-21-13-6-4-5-12(18)11-13/h4-6,11,18H,1-3,7-10H2,(H2,17,20). The normalized spacial score (nSPS) is 15.1. The Labute approximate surface area is 129 Å². The quantitative estimate of drug-likeness (QED) is 0.536. The molecule has 6 heteroatoms. The Hall–Kier alpha value is -2.24. The van der Waals surface area contributed by atoms with E-state index in [2.05, 4.69) is 0 Å². The molecule has 0 bridgehead atoms. The molecule has 0 aliphatic heterocycles. The zero-order valence-electron chi connectivity index (χ0n) is 12.4. The number of unbranched alkanes of at least 4 members (excludes halogenated alkanes) is 2. The average molecular weight is 307 g/mol. The molecule has 0 aromatic heterocycles. The molecule has 0 saturated heterocycles. The fourth-order valence-corrected chi connectivity index (χ4v) is 2.09. The third-order valence-electron chi connectivity index (χ3n) is 3.57. The van der Waals surface area contributed by atoms with Crippen molar-refractivity contribution in [2.75, 3.05) is 6.61 Å². The minimum atomic E-state index is -1.02. The van der Waals surface area contributed by atoms with Gasteiger partial charge in [0.2, 0.25) is 0 Å². The maximum absolute atomic E-state index is 11.6. The number of aromatic hydroxyl groups is 1. The van der Waals surface area contributed by atoms with Crippen LogP contribution in [0, 0.1) is 0 Å². The largest absolute Gasteiger partial charge is 0.508 e. The van der Waals surface area contributed by atoms with E-state index in [1.165, 1.54) is 0 Å². The summed E-state index contributed by atoms with van der Waals surface area (Å²) in [5, 5.41) is 9.29. The maximum Gasteiger partial charge on any atom is 0.306 e. The van der Waals surface area contributed by atoms with E-state index in [1.54, 1.807) is 24.3 Å². The SMILES string of the molecule is NC(=O)C1(OC(=O)CCCCCOc2cccc(O)c2)CC1. The van der Waals surface area contributed by atoms with Crippen LogP contribution in [-0.4, -0.2) is 29.2 Å². The van der Waals surface area contributed by atoms with E-state index in [0.29, 0.717) is 31.6 Å². The summed E-state index contributed by atoms with van der Waals surface area (Å²) < 4.78 is 10.6. The number of rotatable bonds is 9. The molecular formula is C16H21NO5. The smallest absolute Gasteiger partial charge is 0.306 e. The van der Waals surface area contributed by atoms with E-state index >= 15 is 0 Å². The van der Waals surface area contributed by atoms with Crippen molar-refractivity contribution in [1.82, 2.24) is 0 Å². The van der Waals surface area contributed by atoms with Crippen molar-refractivity contribution in [3.63, 3.8) is 0 Å². The Morgan fingerprint density at radius 3 is 2.64 bits per heavy atom. The van der Waals surface area contributed by atoms with Crippen molar-refractivity contribution in [2.45, 2.75) is 44.1 Å². The minimum absolute atomic E-state index is 0.170. The lowest BCUT2D eigenvalue weighted by Gasteiger charge is -2.12. The zero-order chi connectivity index (χ0) is 16.0. The van der Waals surface area contributed by atoms with Gasteiger partial charge in [0.1, 0.15) is 11.5 Å². The number of primary amides is 1. The first kappa shape index (κ1) is 16.1. The molecule has 1 aromatic rings. The molecule has 1 aliphatic rings. The van der Waals surface area contributed by atoms with Gasteiger partial charge in [0.05, 0.1) is 6.61 Å². The van der Waals surface area contributed by atoms with Crippen molar-refractivity contribution < 1.29 is 24.2 Å². The van der Waals surface area contributed by atoms with Gasteiger partial charge in [-0.2, -0.15) is 0 Å². The number of phenols is 1. The Bertz CT molecular complexity index is 539. The second-order valence-corrected chi connectivity index (χ2v) is 5.49. The molecule has 120 valence electrons. The summed E-state index contributed by atoms with van der Waals surface area (Å²) >= 11 is 0. The van der Waals surface area contributed by atoms with Gasteiger partial charge in [-0.25, -0.2) is 0 Å². The number of carbonyl (C=O) groups is 2. The molecule has 1 amide bonds. The maximum atomic E-state index is 11.6. The lowest BCUT2D eigenvalue weighted by molar-refractivity contribution is -0.157. The van der Waals surface area contributed by atoms with E-state index in [9.17, 15) is 14.7 Å². The van der Waals surface area contributed by atoms with Crippen molar-refractivity contribution in [2.24, 2.45) is 5.73 Å². The van der Waals surface area contributed by atoms with Crippen molar-refractivity contribution in [1.29, 1.82) is 0 Å². The number of amides is 1. The molecule has 0 heterocycles. The van der Waals surface area contributed by atoms with Gasteiger partial charge in [-0.1, -0.05) is 6.07 Å². The molecule has 0 unspecified atom stereocenters. The molecule has 1 fully saturated rings. The Kier molecular flexibility index (Phi) is 5.25. The fourth-order valence-electron chi connectivity index (χ4n) is 2.09. The van der Waals surface area contributed by atoms with Crippen molar-refractivity contribution >= 4 is 11.9 Å². The number of hydrogen-bond acceptors (Lipinski definition) is 5. The lowest BCUT2D eigenvalue weighted by Crippen LogP contribution is -2.35. The predicted molar refractivity (Wildman–Crippen MR) is 79.3 cm³/mol. The molecule has 22 heavy (non-hydrogen) atoms. The highest BCUT2D eigenvalue weighted by Gasteiger charge is 2.52. The molecular weight excluding hydrogens is 286 g/mol. The van der Waals surface area contributed by atoms with Crippen molar-refractivity contribution in [3.05, 3.63) is 24.3 Å². The molecule has 1 aromatic carbocycles. The third-order valence-corrected chi connectivity index (χ3v) is 3.57. The highest BCUT2D eigenvalue weighted by Crippen LogP contribution is 2.39. The molecule has 1 aliphatic carbocycles. The Balaban J connectivity index is 1.54. The average Bonchev–Trinajstić information content (AvgIpc) is 3.23. The van der Waals surface area contributed by atoms with Gasteiger partial charge >= 0.3 is 5.97 Å². The number of phenolic OH excluding ortho intramolecular Hbond substituents is 1. The molecule has 3 N–H and O–H groups in total. The van der Waals surface area contributed by atoms with Gasteiger partial charge in [0.15, 0.2) is 5.60 Å². The second-order valence-electron chi connectivity index (χ2n) is 5.49. The topological polar surface area (TPSA) is 98.9 Å². The van der Waals surface area contributed by atoms with Crippen LogP contribution in [-0.2, 0) is 14.3 Å². The van der Waals surface area contributed by atoms with Gasteiger partial charge in [0, 0.05) is 25.3 Å². The first-order valence-electron chi connectivity index (χ1n) is 7.45. The number of hydrogen-bond donors (Lipinski definition) is 2. The summed E-state index contributed by atoms with van der Waals surface area (Å²) in [6.45, 7) is 0.518. The summed E-state index contributed by atoms with van der Waals surface area (Å²) in [5.74, 6) is -0.134. The predicted octanol–water partition coefficient (Wildman–Crippen LogP) is 1.89. The molecule has 0 radical (unpaired) electrons. The second kappa shape index (κ2) is 7.15. The summed E-state index contributed by atoms with van der Waals surface area (Å²) in [7, 11) is 0. The van der Waals surface area contributed by atoms with Crippen LogP contribution in [0.5, 0.6) is 11.5 Å². The molecule has 6 nitrogen and oxygen atoms in total. The first-order valence-corrected chi connectivity index (χ1v) is 7.45. The molecule has 2 rings (SSSR count). The summed E-state index contributed by atoms with van der Waals surface area (Å²) in [6, 6.07) is 6.62. The van der Waals surface area contributed by atoms with E-state index in [4.69, 9.17) is 15.2 Å². The van der Waals surface area contributed by atoms with Crippen LogP contribution < -0.4 is 10.5 Å². The number of benzene rings is 1. The first-order chi connectivity index (χ1) is 10.5. The molecule has 0 spiro atoms. The zero-order valence-corrected chi connectivity index (χ0v) is 12.4. The minimum Gasteiger partial charge on any atom is -0.508 e. The Morgan fingerprint density at radius 2 is 2.00 bits per heavy atom. The van der Waals surface area contributed by atoms with E-state index in [1.807, 2.05) is 0 Å². The number of ether oxygens (including phenoxy) is 2. The molecule has 0 atom stereocenters. The van der Waals surface area contributed by atoms with Crippen LogP contribution in [0.25, 0.3) is 0 Å².